The quantitative estimate of drug-likeness (QED) is 0.722. The molecular formula is C9H15N3O2. The van der Waals surface area contributed by atoms with Crippen molar-refractivity contribution < 1.29 is 9.90 Å². The highest BCUT2D eigenvalue weighted by molar-refractivity contribution is 5.96. The Hall–Kier alpha value is -1.36. The predicted octanol–water partition coefficient (Wildman–Crippen LogP) is 0.438. The average Bonchev–Trinajstić information content (AvgIpc) is 2.28. The van der Waals surface area contributed by atoms with Gasteiger partial charge in [0.25, 0.3) is 5.91 Å². The van der Waals surface area contributed by atoms with Crippen molar-refractivity contribution >= 4 is 11.6 Å². The molecule has 0 unspecified atom stereocenters. The Balaban J connectivity index is 2.80. The van der Waals surface area contributed by atoms with Crippen LogP contribution in [-0.4, -0.2) is 26.4 Å². The van der Waals surface area contributed by atoms with Gasteiger partial charge in [0.1, 0.15) is 5.60 Å². The van der Waals surface area contributed by atoms with Gasteiger partial charge in [0.2, 0.25) is 0 Å². The summed E-state index contributed by atoms with van der Waals surface area (Å²) in [5.41, 5.74) is -0.0211. The lowest BCUT2D eigenvalue weighted by Crippen LogP contribution is -2.36. The third kappa shape index (κ3) is 2.32. The minimum absolute atomic E-state index is 0.436. The molecule has 1 rings (SSSR count). The highest BCUT2D eigenvalue weighted by Crippen LogP contribution is 2.13. The van der Waals surface area contributed by atoms with Crippen molar-refractivity contribution in [2.24, 2.45) is 7.05 Å². The van der Waals surface area contributed by atoms with Crippen LogP contribution in [0, 0.1) is 6.92 Å². The summed E-state index contributed by atoms with van der Waals surface area (Å²) in [5, 5.41) is 16.1. The topological polar surface area (TPSA) is 67.2 Å². The van der Waals surface area contributed by atoms with E-state index in [0.717, 1.165) is 5.69 Å². The number of amides is 1. The summed E-state index contributed by atoms with van der Waals surface area (Å²) < 4.78 is 1.61. The fraction of sp³-hybridized carbons (Fsp3) is 0.556. The summed E-state index contributed by atoms with van der Waals surface area (Å²) in [6.07, 6.45) is 1.69. The molecule has 1 amide bonds. The Labute approximate surface area is 82.7 Å². The van der Waals surface area contributed by atoms with Crippen molar-refractivity contribution in [3.8, 4) is 0 Å². The van der Waals surface area contributed by atoms with Crippen molar-refractivity contribution in [3.05, 3.63) is 11.9 Å². The van der Waals surface area contributed by atoms with Crippen LogP contribution in [0.4, 0.5) is 5.69 Å². The molecule has 5 nitrogen and oxygen atoms in total. The molecule has 1 aromatic rings. The first-order chi connectivity index (χ1) is 6.30. The number of rotatable bonds is 2. The number of aromatic nitrogens is 2. The number of carbonyl (C=O) groups is 1. The zero-order chi connectivity index (χ0) is 10.9. The molecule has 1 heterocycles. The maximum absolute atomic E-state index is 11.4. The normalized spacial score (nSPS) is 11.5. The molecule has 1 aromatic heterocycles. The second-order valence-electron chi connectivity index (χ2n) is 3.81. The molecular weight excluding hydrogens is 182 g/mol. The number of hydrogen-bond donors (Lipinski definition) is 2. The molecule has 0 atom stereocenters. The first kappa shape index (κ1) is 10.7. The smallest absolute Gasteiger partial charge is 0.255 e. The molecule has 0 bridgehead atoms. The summed E-state index contributed by atoms with van der Waals surface area (Å²) in [4.78, 5) is 11.4. The lowest BCUT2D eigenvalue weighted by atomic mass is 10.1. The molecule has 0 radical (unpaired) electrons. The van der Waals surface area contributed by atoms with Gasteiger partial charge in [-0.2, -0.15) is 5.10 Å². The summed E-state index contributed by atoms with van der Waals surface area (Å²) in [6, 6.07) is 0. The second-order valence-corrected chi connectivity index (χ2v) is 3.81. The molecule has 0 saturated carbocycles. The number of nitrogens with zero attached hydrogens (tertiary/aromatic N) is 2. The largest absolute Gasteiger partial charge is 0.381 e. The SMILES string of the molecule is Cc1nn(C)cc1NC(=O)C(C)(C)O. The van der Waals surface area contributed by atoms with Crippen LogP contribution in [0.25, 0.3) is 0 Å². The molecule has 0 aliphatic carbocycles. The lowest BCUT2D eigenvalue weighted by Gasteiger charge is -2.15. The van der Waals surface area contributed by atoms with Crippen LogP contribution in [0.1, 0.15) is 19.5 Å². The van der Waals surface area contributed by atoms with Crippen molar-refractivity contribution in [1.82, 2.24) is 9.78 Å². The van der Waals surface area contributed by atoms with Gasteiger partial charge in [-0.3, -0.25) is 9.48 Å². The van der Waals surface area contributed by atoms with Gasteiger partial charge in [-0.05, 0) is 20.8 Å². The maximum atomic E-state index is 11.4. The summed E-state index contributed by atoms with van der Waals surface area (Å²) in [5.74, 6) is -0.436. The fourth-order valence-electron chi connectivity index (χ4n) is 0.998. The Morgan fingerprint density at radius 1 is 1.64 bits per heavy atom. The van der Waals surface area contributed by atoms with Crippen LogP contribution in [0.5, 0.6) is 0 Å². The van der Waals surface area contributed by atoms with Gasteiger partial charge in [-0.15, -0.1) is 0 Å². The minimum Gasteiger partial charge on any atom is -0.381 e. The van der Waals surface area contributed by atoms with Crippen molar-refractivity contribution in [3.63, 3.8) is 0 Å². The number of aliphatic hydroxyl groups is 1. The van der Waals surface area contributed by atoms with E-state index >= 15 is 0 Å². The molecule has 0 spiro atoms. The van der Waals surface area contributed by atoms with E-state index in [1.165, 1.54) is 13.8 Å². The van der Waals surface area contributed by atoms with Gasteiger partial charge in [-0.1, -0.05) is 0 Å². The number of anilines is 1. The zero-order valence-corrected chi connectivity index (χ0v) is 8.83. The third-order valence-corrected chi connectivity index (χ3v) is 1.82. The van der Waals surface area contributed by atoms with E-state index in [9.17, 15) is 9.90 Å². The number of carbonyl (C=O) groups excluding carboxylic acids is 1. The van der Waals surface area contributed by atoms with Crippen molar-refractivity contribution in [1.29, 1.82) is 0 Å². The fourth-order valence-corrected chi connectivity index (χ4v) is 0.998. The van der Waals surface area contributed by atoms with Crippen LogP contribution in [0.15, 0.2) is 6.20 Å². The monoisotopic (exact) mass is 197 g/mol. The Bertz CT molecular complexity index is 349. The molecule has 0 aliphatic rings. The number of hydrogen-bond acceptors (Lipinski definition) is 3. The van der Waals surface area contributed by atoms with Crippen molar-refractivity contribution in [2.75, 3.05) is 5.32 Å². The molecule has 0 aromatic carbocycles. The van der Waals surface area contributed by atoms with Gasteiger partial charge in [-0.25, -0.2) is 0 Å². The average molecular weight is 197 g/mol. The van der Waals surface area contributed by atoms with Crippen molar-refractivity contribution in [2.45, 2.75) is 26.4 Å². The first-order valence-electron chi connectivity index (χ1n) is 4.35. The predicted molar refractivity (Wildman–Crippen MR) is 52.9 cm³/mol. The number of nitrogens with one attached hydrogen (secondary N) is 1. The van der Waals surface area contributed by atoms with Gasteiger partial charge >= 0.3 is 0 Å². The Morgan fingerprint density at radius 3 is 2.57 bits per heavy atom. The van der Waals surface area contributed by atoms with E-state index in [1.54, 1.807) is 24.9 Å². The van der Waals surface area contributed by atoms with Crippen LogP contribution >= 0.6 is 0 Å². The summed E-state index contributed by atoms with van der Waals surface area (Å²) in [7, 11) is 1.77. The van der Waals surface area contributed by atoms with Crippen LogP contribution in [0.2, 0.25) is 0 Å². The highest BCUT2D eigenvalue weighted by atomic mass is 16.3. The van der Waals surface area contributed by atoms with Gasteiger partial charge in [0.15, 0.2) is 0 Å². The maximum Gasteiger partial charge on any atom is 0.255 e. The van der Waals surface area contributed by atoms with Crippen LogP contribution < -0.4 is 5.32 Å². The van der Waals surface area contributed by atoms with E-state index in [2.05, 4.69) is 10.4 Å². The number of aryl methyl sites for hydroxylation is 2. The van der Waals surface area contributed by atoms with E-state index in [4.69, 9.17) is 0 Å². The van der Waals surface area contributed by atoms with E-state index < -0.39 is 11.5 Å². The van der Waals surface area contributed by atoms with E-state index in [0.29, 0.717) is 5.69 Å². The molecule has 2 N–H and O–H groups in total. The van der Waals surface area contributed by atoms with Crippen LogP contribution in [0.3, 0.4) is 0 Å². The second kappa shape index (κ2) is 3.42. The molecule has 14 heavy (non-hydrogen) atoms. The highest BCUT2D eigenvalue weighted by Gasteiger charge is 2.24. The van der Waals surface area contributed by atoms with Crippen LogP contribution in [-0.2, 0) is 11.8 Å². The molecule has 0 fully saturated rings. The first-order valence-corrected chi connectivity index (χ1v) is 4.35. The Morgan fingerprint density at radius 2 is 2.21 bits per heavy atom. The van der Waals surface area contributed by atoms with Gasteiger partial charge in [0.05, 0.1) is 11.4 Å². The standard InChI is InChI=1S/C9H15N3O2/c1-6-7(5-12(4)11-6)10-8(13)9(2,3)14/h5,14H,1-4H3,(H,10,13). The van der Waals surface area contributed by atoms with E-state index in [1.807, 2.05) is 0 Å². The molecule has 0 saturated heterocycles. The van der Waals surface area contributed by atoms with Gasteiger partial charge in [0, 0.05) is 13.2 Å². The summed E-state index contributed by atoms with van der Waals surface area (Å²) in [6.45, 7) is 4.67. The van der Waals surface area contributed by atoms with Gasteiger partial charge < -0.3 is 10.4 Å². The Kier molecular flexibility index (Phi) is 2.62. The summed E-state index contributed by atoms with van der Waals surface area (Å²) >= 11 is 0. The molecule has 0 aliphatic heterocycles. The zero-order valence-electron chi connectivity index (χ0n) is 8.83. The molecule has 5 heteroatoms. The molecule has 78 valence electrons. The third-order valence-electron chi connectivity index (χ3n) is 1.82. The lowest BCUT2D eigenvalue weighted by molar-refractivity contribution is -0.130. The van der Waals surface area contributed by atoms with E-state index in [-0.39, 0.29) is 0 Å². The minimum atomic E-state index is -1.37.